The molecule has 3 aromatic rings. The van der Waals surface area contributed by atoms with E-state index in [0.29, 0.717) is 35.9 Å². The lowest BCUT2D eigenvalue weighted by molar-refractivity contribution is 0.0502. The van der Waals surface area contributed by atoms with Gasteiger partial charge in [0.2, 0.25) is 0 Å². The molecule has 1 amide bonds. The van der Waals surface area contributed by atoms with E-state index in [4.69, 9.17) is 18.7 Å². The van der Waals surface area contributed by atoms with Crippen LogP contribution in [0.25, 0.3) is 11.3 Å². The Balaban J connectivity index is 1.55. The van der Waals surface area contributed by atoms with E-state index in [-0.39, 0.29) is 12.0 Å². The molecule has 1 saturated heterocycles. The van der Waals surface area contributed by atoms with Gasteiger partial charge >= 0.3 is 0 Å². The van der Waals surface area contributed by atoms with Crippen LogP contribution < -0.4 is 9.47 Å². The van der Waals surface area contributed by atoms with Crippen LogP contribution >= 0.6 is 0 Å². The molecule has 2 aromatic carbocycles. The van der Waals surface area contributed by atoms with Crippen molar-refractivity contribution in [1.82, 2.24) is 10.1 Å². The summed E-state index contributed by atoms with van der Waals surface area (Å²) < 4.78 is 21.9. The molecular formula is C24H26N2O5. The van der Waals surface area contributed by atoms with Crippen molar-refractivity contribution in [1.29, 1.82) is 0 Å². The monoisotopic (exact) mass is 422 g/mol. The lowest BCUT2D eigenvalue weighted by Gasteiger charge is -2.24. The van der Waals surface area contributed by atoms with Crippen LogP contribution in [-0.2, 0) is 11.3 Å². The number of carbonyl (C=O) groups excluding carboxylic acids is 1. The lowest BCUT2D eigenvalue weighted by Crippen LogP contribution is -2.37. The molecule has 0 N–H and O–H groups in total. The summed E-state index contributed by atoms with van der Waals surface area (Å²) in [6.07, 6.45) is 1.98. The van der Waals surface area contributed by atoms with Gasteiger partial charge in [-0.15, -0.1) is 0 Å². The Labute approximate surface area is 181 Å². The van der Waals surface area contributed by atoms with E-state index in [1.165, 1.54) is 0 Å². The van der Waals surface area contributed by atoms with E-state index < -0.39 is 0 Å². The molecule has 1 atom stereocenters. The van der Waals surface area contributed by atoms with Crippen LogP contribution in [0, 0.1) is 0 Å². The molecule has 162 valence electrons. The molecule has 7 heteroatoms. The summed E-state index contributed by atoms with van der Waals surface area (Å²) in [5.74, 6) is 1.91. The number of hydrogen-bond acceptors (Lipinski definition) is 6. The summed E-state index contributed by atoms with van der Waals surface area (Å²) >= 11 is 0. The first-order valence-corrected chi connectivity index (χ1v) is 10.3. The van der Waals surface area contributed by atoms with Gasteiger partial charge in [0.15, 0.2) is 5.76 Å². The van der Waals surface area contributed by atoms with Crippen LogP contribution in [-0.4, -0.2) is 49.4 Å². The maximum atomic E-state index is 13.3. The molecule has 2 heterocycles. The summed E-state index contributed by atoms with van der Waals surface area (Å²) in [6.45, 7) is 1.55. The number of carbonyl (C=O) groups is 1. The normalized spacial score (nSPS) is 15.6. The molecule has 0 saturated carbocycles. The number of benzene rings is 2. The second-order valence-electron chi connectivity index (χ2n) is 7.47. The standard InChI is InChI=1S/C24H26N2O5/c1-28-20-8-3-6-17(12-20)23-14-19(25-31-23)15-26(16-22-10-5-11-30-22)24(27)18-7-4-9-21(13-18)29-2/h3-4,6-9,12-14,22H,5,10-11,15-16H2,1-2H3. The number of hydrogen-bond donors (Lipinski definition) is 0. The molecule has 1 aromatic heterocycles. The predicted molar refractivity (Wildman–Crippen MR) is 115 cm³/mol. The third-order valence-corrected chi connectivity index (χ3v) is 5.32. The molecule has 1 aliphatic heterocycles. The van der Waals surface area contributed by atoms with Crippen molar-refractivity contribution in [2.75, 3.05) is 27.4 Å². The quantitative estimate of drug-likeness (QED) is 0.542. The van der Waals surface area contributed by atoms with Gasteiger partial charge in [-0.25, -0.2) is 0 Å². The van der Waals surface area contributed by atoms with Crippen LogP contribution in [0.2, 0.25) is 0 Å². The molecular weight excluding hydrogens is 396 g/mol. The van der Waals surface area contributed by atoms with Crippen molar-refractivity contribution in [3.8, 4) is 22.8 Å². The molecule has 7 nitrogen and oxygen atoms in total. The fourth-order valence-electron chi connectivity index (χ4n) is 3.69. The molecule has 1 aliphatic rings. The smallest absolute Gasteiger partial charge is 0.254 e. The maximum absolute atomic E-state index is 13.3. The highest BCUT2D eigenvalue weighted by Crippen LogP contribution is 2.26. The Bertz CT molecular complexity index is 1030. The summed E-state index contributed by atoms with van der Waals surface area (Å²) in [6, 6.07) is 16.6. The summed E-state index contributed by atoms with van der Waals surface area (Å²) in [5.41, 5.74) is 2.10. The van der Waals surface area contributed by atoms with Gasteiger partial charge in [0, 0.05) is 30.3 Å². The Morgan fingerprint density at radius 2 is 1.87 bits per heavy atom. The van der Waals surface area contributed by atoms with Crippen molar-refractivity contribution in [2.45, 2.75) is 25.5 Å². The van der Waals surface area contributed by atoms with Gasteiger partial charge in [-0.2, -0.15) is 0 Å². The number of amides is 1. The fourth-order valence-corrected chi connectivity index (χ4v) is 3.69. The minimum atomic E-state index is -0.0969. The van der Waals surface area contributed by atoms with Crippen molar-refractivity contribution in [3.63, 3.8) is 0 Å². The van der Waals surface area contributed by atoms with Gasteiger partial charge in [0.25, 0.3) is 5.91 Å². The highest BCUT2D eigenvalue weighted by Gasteiger charge is 2.25. The van der Waals surface area contributed by atoms with Gasteiger partial charge in [-0.1, -0.05) is 23.4 Å². The van der Waals surface area contributed by atoms with Gasteiger partial charge in [-0.3, -0.25) is 4.79 Å². The average Bonchev–Trinajstić information content (AvgIpc) is 3.50. The first-order valence-electron chi connectivity index (χ1n) is 10.3. The SMILES string of the molecule is COc1cccc(C(=O)N(Cc2cc(-c3cccc(OC)c3)on2)CC2CCCO2)c1. The third kappa shape index (κ3) is 5.06. The molecule has 0 spiro atoms. The number of methoxy groups -OCH3 is 2. The molecule has 1 unspecified atom stereocenters. The van der Waals surface area contributed by atoms with E-state index >= 15 is 0 Å². The molecule has 1 fully saturated rings. The second-order valence-corrected chi connectivity index (χ2v) is 7.47. The van der Waals surface area contributed by atoms with E-state index in [1.807, 2.05) is 42.5 Å². The zero-order valence-electron chi connectivity index (χ0n) is 17.7. The van der Waals surface area contributed by atoms with Crippen LogP contribution in [0.15, 0.2) is 59.1 Å². The predicted octanol–water partition coefficient (Wildman–Crippen LogP) is 4.18. The molecule has 31 heavy (non-hydrogen) atoms. The number of aromatic nitrogens is 1. The Kier molecular flexibility index (Phi) is 6.52. The first kappa shape index (κ1) is 20.9. The van der Waals surface area contributed by atoms with E-state index in [9.17, 15) is 4.79 Å². The Morgan fingerprint density at radius 1 is 1.10 bits per heavy atom. The van der Waals surface area contributed by atoms with Gasteiger partial charge < -0.3 is 23.6 Å². The van der Waals surface area contributed by atoms with Crippen molar-refractivity contribution >= 4 is 5.91 Å². The Hall–Kier alpha value is -3.32. The van der Waals surface area contributed by atoms with Crippen LogP contribution in [0.4, 0.5) is 0 Å². The highest BCUT2D eigenvalue weighted by atomic mass is 16.5. The fraction of sp³-hybridized carbons (Fsp3) is 0.333. The summed E-state index contributed by atoms with van der Waals surface area (Å²) in [4.78, 5) is 15.1. The van der Waals surface area contributed by atoms with Gasteiger partial charge in [0.05, 0.1) is 26.9 Å². The van der Waals surface area contributed by atoms with Gasteiger partial charge in [-0.05, 0) is 43.2 Å². The zero-order chi connectivity index (χ0) is 21.6. The average molecular weight is 422 g/mol. The molecule has 0 radical (unpaired) electrons. The summed E-state index contributed by atoms with van der Waals surface area (Å²) in [7, 11) is 3.21. The first-order chi connectivity index (χ1) is 15.2. The lowest BCUT2D eigenvalue weighted by atomic mass is 10.1. The molecule has 4 rings (SSSR count). The number of rotatable bonds is 8. The van der Waals surface area contributed by atoms with E-state index in [0.717, 1.165) is 30.8 Å². The van der Waals surface area contributed by atoms with Crippen molar-refractivity contribution < 1.29 is 23.5 Å². The maximum Gasteiger partial charge on any atom is 0.254 e. The number of nitrogens with zero attached hydrogens (tertiary/aromatic N) is 2. The van der Waals surface area contributed by atoms with Crippen LogP contribution in [0.5, 0.6) is 11.5 Å². The zero-order valence-corrected chi connectivity index (χ0v) is 17.7. The van der Waals surface area contributed by atoms with Crippen molar-refractivity contribution in [3.05, 3.63) is 65.9 Å². The molecule has 0 bridgehead atoms. The third-order valence-electron chi connectivity index (χ3n) is 5.32. The minimum absolute atomic E-state index is 0.0271. The van der Waals surface area contributed by atoms with E-state index in [1.54, 1.807) is 31.3 Å². The largest absolute Gasteiger partial charge is 0.497 e. The van der Waals surface area contributed by atoms with Gasteiger partial charge in [0.1, 0.15) is 17.2 Å². The second kappa shape index (κ2) is 9.66. The molecule has 0 aliphatic carbocycles. The van der Waals surface area contributed by atoms with Crippen molar-refractivity contribution in [2.24, 2.45) is 0 Å². The number of ether oxygens (including phenoxy) is 3. The topological polar surface area (TPSA) is 74.0 Å². The highest BCUT2D eigenvalue weighted by molar-refractivity contribution is 5.94. The van der Waals surface area contributed by atoms with Crippen LogP contribution in [0.3, 0.4) is 0 Å². The summed E-state index contributed by atoms with van der Waals surface area (Å²) in [5, 5.41) is 4.20. The Morgan fingerprint density at radius 3 is 2.61 bits per heavy atom. The minimum Gasteiger partial charge on any atom is -0.497 e. The van der Waals surface area contributed by atoms with Crippen LogP contribution in [0.1, 0.15) is 28.9 Å². The van der Waals surface area contributed by atoms with E-state index in [2.05, 4.69) is 5.16 Å².